The van der Waals surface area contributed by atoms with Crippen LogP contribution in [0, 0.1) is 0 Å². The molecule has 3 rings (SSSR count). The van der Waals surface area contributed by atoms with Crippen molar-refractivity contribution in [2.45, 2.75) is 19.3 Å². The van der Waals surface area contributed by atoms with Crippen LogP contribution in [0.25, 0.3) is 0 Å². The van der Waals surface area contributed by atoms with Crippen molar-refractivity contribution in [3.05, 3.63) is 88.4 Å². The molecule has 1 heterocycles. The van der Waals surface area contributed by atoms with E-state index < -0.39 is 0 Å². The Labute approximate surface area is 160 Å². The number of carbonyl (C=O) groups is 1. The smallest absolute Gasteiger partial charge is 0.337 e. The van der Waals surface area contributed by atoms with E-state index in [0.29, 0.717) is 18.7 Å². The molecule has 1 atom stereocenters. The summed E-state index contributed by atoms with van der Waals surface area (Å²) in [6.07, 6.45) is 5.32. The number of benzene rings is 2. The highest BCUT2D eigenvalue weighted by molar-refractivity contribution is 9.10. The number of methoxy groups -OCH3 is 1. The van der Waals surface area contributed by atoms with Gasteiger partial charge in [-0.25, -0.2) is 9.78 Å². The van der Waals surface area contributed by atoms with Crippen LogP contribution in [0.4, 0.5) is 0 Å². The molecule has 2 aromatic carbocycles. The van der Waals surface area contributed by atoms with Crippen molar-refractivity contribution < 1.29 is 14.3 Å². The van der Waals surface area contributed by atoms with Gasteiger partial charge in [0.25, 0.3) is 0 Å². The zero-order valence-electron chi connectivity index (χ0n) is 14.3. The highest BCUT2D eigenvalue weighted by Gasteiger charge is 2.14. The van der Waals surface area contributed by atoms with Gasteiger partial charge in [0, 0.05) is 16.9 Å². The van der Waals surface area contributed by atoms with Gasteiger partial charge in [-0.05, 0) is 35.4 Å². The predicted molar refractivity (Wildman–Crippen MR) is 102 cm³/mol. The summed E-state index contributed by atoms with van der Waals surface area (Å²) in [5.74, 6) is -0.343. The van der Waals surface area contributed by atoms with E-state index in [2.05, 4.69) is 27.0 Å². The number of hydrogen-bond acceptors (Lipinski definition) is 4. The molecule has 3 aromatic rings. The van der Waals surface area contributed by atoms with Gasteiger partial charge < -0.3 is 14.0 Å². The first kappa shape index (κ1) is 18.4. The monoisotopic (exact) mass is 414 g/mol. The summed E-state index contributed by atoms with van der Waals surface area (Å²) >= 11 is 3.51. The number of hydrogen-bond donors (Lipinski definition) is 0. The van der Waals surface area contributed by atoms with Gasteiger partial charge in [-0.2, -0.15) is 0 Å². The number of carbonyl (C=O) groups excluding carboxylic acids is 1. The fraction of sp³-hybridized carbons (Fsp3) is 0.200. The standard InChI is InChI=1S/C20H19BrN2O3/c1-25-20(24)16-7-5-15(6-8-16)13-26-19(12-23-10-9-22-14-23)17-3-2-4-18(21)11-17/h2-11,14,19H,12-13H2,1H3. The Balaban J connectivity index is 1.72. The second-order valence-corrected chi connectivity index (χ2v) is 6.72. The number of halogens is 1. The summed E-state index contributed by atoms with van der Waals surface area (Å²) in [4.78, 5) is 15.6. The molecule has 0 saturated carbocycles. The molecule has 0 N–H and O–H groups in total. The summed E-state index contributed by atoms with van der Waals surface area (Å²) in [7, 11) is 1.37. The van der Waals surface area contributed by atoms with E-state index in [-0.39, 0.29) is 12.1 Å². The van der Waals surface area contributed by atoms with Gasteiger partial charge in [0.1, 0.15) is 6.10 Å². The van der Waals surface area contributed by atoms with Crippen molar-refractivity contribution >= 4 is 21.9 Å². The third kappa shape index (κ3) is 4.80. The number of aromatic nitrogens is 2. The number of ether oxygens (including phenoxy) is 2. The molecule has 0 bridgehead atoms. The fourth-order valence-corrected chi connectivity index (χ4v) is 3.02. The van der Waals surface area contributed by atoms with Crippen LogP contribution in [0.15, 0.2) is 71.7 Å². The normalized spacial score (nSPS) is 11.9. The van der Waals surface area contributed by atoms with Crippen molar-refractivity contribution in [1.29, 1.82) is 0 Å². The van der Waals surface area contributed by atoms with Crippen molar-refractivity contribution in [2.24, 2.45) is 0 Å². The molecule has 26 heavy (non-hydrogen) atoms. The van der Waals surface area contributed by atoms with E-state index in [1.807, 2.05) is 41.1 Å². The van der Waals surface area contributed by atoms with Crippen LogP contribution in [0.2, 0.25) is 0 Å². The van der Waals surface area contributed by atoms with Crippen LogP contribution < -0.4 is 0 Å². The molecule has 134 valence electrons. The molecule has 0 aliphatic carbocycles. The van der Waals surface area contributed by atoms with Gasteiger partial charge in [0.15, 0.2) is 0 Å². The highest BCUT2D eigenvalue weighted by Crippen LogP contribution is 2.24. The average molecular weight is 415 g/mol. The molecular formula is C20H19BrN2O3. The maximum atomic E-state index is 11.5. The van der Waals surface area contributed by atoms with Gasteiger partial charge >= 0.3 is 5.97 Å². The molecule has 0 spiro atoms. The van der Waals surface area contributed by atoms with Crippen LogP contribution in [-0.4, -0.2) is 22.6 Å². The molecule has 0 aliphatic rings. The molecule has 0 fully saturated rings. The van der Waals surface area contributed by atoms with E-state index in [1.165, 1.54) is 7.11 Å². The highest BCUT2D eigenvalue weighted by atomic mass is 79.9. The maximum Gasteiger partial charge on any atom is 0.337 e. The predicted octanol–water partition coefficient (Wildman–Crippen LogP) is 4.39. The Hall–Kier alpha value is -2.44. The van der Waals surface area contributed by atoms with Gasteiger partial charge in [-0.15, -0.1) is 0 Å². The summed E-state index contributed by atoms with van der Waals surface area (Å²) in [5, 5.41) is 0. The van der Waals surface area contributed by atoms with Crippen LogP contribution >= 0.6 is 15.9 Å². The molecule has 0 radical (unpaired) electrons. The van der Waals surface area contributed by atoms with Crippen molar-refractivity contribution in [2.75, 3.05) is 7.11 Å². The molecule has 5 nitrogen and oxygen atoms in total. The number of rotatable bonds is 7. The average Bonchev–Trinajstić information content (AvgIpc) is 3.18. The second-order valence-electron chi connectivity index (χ2n) is 5.80. The van der Waals surface area contributed by atoms with E-state index >= 15 is 0 Å². The quantitative estimate of drug-likeness (QED) is 0.537. The molecule has 0 aliphatic heterocycles. The zero-order valence-corrected chi connectivity index (χ0v) is 15.9. The molecular weight excluding hydrogens is 396 g/mol. The molecule has 1 aromatic heterocycles. The summed E-state index contributed by atoms with van der Waals surface area (Å²) in [6, 6.07) is 15.3. The van der Waals surface area contributed by atoms with Crippen LogP contribution in [0.3, 0.4) is 0 Å². The Kier molecular flexibility index (Phi) is 6.20. The largest absolute Gasteiger partial charge is 0.465 e. The summed E-state index contributed by atoms with van der Waals surface area (Å²) in [6.45, 7) is 1.10. The van der Waals surface area contributed by atoms with Gasteiger partial charge in [-0.1, -0.05) is 40.2 Å². The van der Waals surface area contributed by atoms with E-state index in [9.17, 15) is 4.79 Å². The molecule has 1 unspecified atom stereocenters. The van der Waals surface area contributed by atoms with E-state index in [1.54, 1.807) is 24.7 Å². The van der Waals surface area contributed by atoms with Crippen molar-refractivity contribution in [1.82, 2.24) is 9.55 Å². The van der Waals surface area contributed by atoms with Gasteiger partial charge in [0.05, 0.1) is 32.2 Å². The zero-order chi connectivity index (χ0) is 18.4. The minimum absolute atomic E-state index is 0.123. The minimum atomic E-state index is -0.343. The second kappa shape index (κ2) is 8.78. The van der Waals surface area contributed by atoms with Gasteiger partial charge in [-0.3, -0.25) is 0 Å². The SMILES string of the molecule is COC(=O)c1ccc(COC(Cn2ccnc2)c2cccc(Br)c2)cc1. The lowest BCUT2D eigenvalue weighted by Crippen LogP contribution is -2.12. The maximum absolute atomic E-state index is 11.5. The molecule has 0 amide bonds. The molecule has 6 heteroatoms. The molecule has 0 saturated heterocycles. The first-order valence-electron chi connectivity index (χ1n) is 8.16. The first-order valence-corrected chi connectivity index (χ1v) is 8.95. The van der Waals surface area contributed by atoms with Crippen LogP contribution in [0.1, 0.15) is 27.6 Å². The van der Waals surface area contributed by atoms with Crippen LogP contribution in [0.5, 0.6) is 0 Å². The van der Waals surface area contributed by atoms with Crippen molar-refractivity contribution in [3.8, 4) is 0 Å². The first-order chi connectivity index (χ1) is 12.7. The lowest BCUT2D eigenvalue weighted by atomic mass is 10.1. The van der Waals surface area contributed by atoms with Crippen LogP contribution in [-0.2, 0) is 22.6 Å². The van der Waals surface area contributed by atoms with E-state index in [4.69, 9.17) is 9.47 Å². The summed E-state index contributed by atoms with van der Waals surface area (Å²) in [5.41, 5.74) is 2.60. The number of nitrogens with zero attached hydrogens (tertiary/aromatic N) is 2. The lowest BCUT2D eigenvalue weighted by Gasteiger charge is -2.19. The van der Waals surface area contributed by atoms with E-state index in [0.717, 1.165) is 15.6 Å². The Morgan fingerprint density at radius 3 is 2.69 bits per heavy atom. The Morgan fingerprint density at radius 2 is 2.04 bits per heavy atom. The van der Waals surface area contributed by atoms with Gasteiger partial charge in [0.2, 0.25) is 0 Å². The fourth-order valence-electron chi connectivity index (χ4n) is 2.60. The minimum Gasteiger partial charge on any atom is -0.465 e. The third-order valence-corrected chi connectivity index (χ3v) is 4.48. The van der Waals surface area contributed by atoms with Crippen molar-refractivity contribution in [3.63, 3.8) is 0 Å². The summed E-state index contributed by atoms with van der Waals surface area (Å²) < 4.78 is 13.9. The number of imidazole rings is 1. The lowest BCUT2D eigenvalue weighted by molar-refractivity contribution is 0.0279. The topological polar surface area (TPSA) is 53.4 Å². The third-order valence-electron chi connectivity index (χ3n) is 3.98. The Morgan fingerprint density at radius 1 is 1.23 bits per heavy atom. The Bertz CT molecular complexity index is 848. The number of esters is 1.